The molecule has 1 aliphatic heterocycles. The molecular weight excluding hydrogens is 446 g/mol. The van der Waals surface area contributed by atoms with Crippen molar-refractivity contribution >= 4 is 34.4 Å². The van der Waals surface area contributed by atoms with Crippen LogP contribution < -0.4 is 10.6 Å². The molecule has 0 aromatic heterocycles. The van der Waals surface area contributed by atoms with E-state index in [1.165, 1.54) is 12.0 Å². The van der Waals surface area contributed by atoms with Crippen LogP contribution in [0.5, 0.6) is 0 Å². The minimum atomic E-state index is -0.684. The van der Waals surface area contributed by atoms with Gasteiger partial charge in [-0.3, -0.25) is 4.79 Å². The molecule has 3 amide bonds. The van der Waals surface area contributed by atoms with Crippen LogP contribution >= 0.6 is 0 Å². The second-order valence-electron chi connectivity index (χ2n) is 8.17. The molecule has 3 aromatic rings. The van der Waals surface area contributed by atoms with E-state index in [1.54, 1.807) is 44.3 Å². The Balaban J connectivity index is 1.56. The van der Waals surface area contributed by atoms with Crippen molar-refractivity contribution in [2.24, 2.45) is 0 Å². The highest BCUT2D eigenvalue weighted by atomic mass is 16.6. The number of nitrogens with one attached hydrogen (secondary N) is 2. The summed E-state index contributed by atoms with van der Waals surface area (Å²) in [5, 5.41) is 7.63. The predicted octanol–water partition coefficient (Wildman–Crippen LogP) is 4.25. The highest BCUT2D eigenvalue weighted by Gasteiger charge is 2.35. The first-order valence-corrected chi connectivity index (χ1v) is 11.2. The number of carbonyl (C=O) groups excluding carboxylic acids is 3. The molecule has 0 radical (unpaired) electrons. The van der Waals surface area contributed by atoms with Crippen molar-refractivity contribution < 1.29 is 23.9 Å². The number of hydrogen-bond acceptors (Lipinski definition) is 5. The summed E-state index contributed by atoms with van der Waals surface area (Å²) in [5.74, 6) is -0.745. The van der Waals surface area contributed by atoms with Gasteiger partial charge in [-0.05, 0) is 41.5 Å². The molecule has 0 saturated carbocycles. The minimum Gasteiger partial charge on any atom is -0.460 e. The summed E-state index contributed by atoms with van der Waals surface area (Å²) < 4.78 is 10.3. The molecule has 180 valence electrons. The summed E-state index contributed by atoms with van der Waals surface area (Å²) in [4.78, 5) is 39.6. The quantitative estimate of drug-likeness (QED) is 0.395. The average Bonchev–Trinajstić information content (AvgIpc) is 2.87. The third-order valence-corrected chi connectivity index (χ3v) is 6.03. The second-order valence-corrected chi connectivity index (χ2v) is 8.17. The molecule has 1 atom stereocenters. The van der Waals surface area contributed by atoms with Gasteiger partial charge >= 0.3 is 12.0 Å². The second kappa shape index (κ2) is 10.4. The van der Waals surface area contributed by atoms with Crippen molar-refractivity contribution in [2.45, 2.75) is 13.0 Å². The lowest BCUT2D eigenvalue weighted by molar-refractivity contribution is -0.140. The lowest BCUT2D eigenvalue weighted by atomic mass is 9.95. The highest BCUT2D eigenvalue weighted by molar-refractivity contribution is 6.12. The number of methoxy groups -OCH3 is 1. The molecule has 1 heterocycles. The summed E-state index contributed by atoms with van der Waals surface area (Å²) in [6.07, 6.45) is 0. The van der Waals surface area contributed by atoms with Crippen LogP contribution in [0.1, 0.15) is 28.9 Å². The van der Waals surface area contributed by atoms with Gasteiger partial charge in [0, 0.05) is 31.1 Å². The Morgan fingerprint density at radius 1 is 1.00 bits per heavy atom. The smallest absolute Gasteiger partial charge is 0.338 e. The summed E-state index contributed by atoms with van der Waals surface area (Å²) in [7, 11) is 3.12. The van der Waals surface area contributed by atoms with Crippen LogP contribution in [-0.2, 0) is 14.3 Å². The molecule has 0 bridgehead atoms. The summed E-state index contributed by atoms with van der Waals surface area (Å²) in [6, 6.07) is 19.3. The van der Waals surface area contributed by atoms with Gasteiger partial charge in [0.2, 0.25) is 0 Å². The maximum atomic E-state index is 13.0. The van der Waals surface area contributed by atoms with Crippen molar-refractivity contribution in [3.8, 4) is 0 Å². The van der Waals surface area contributed by atoms with Crippen molar-refractivity contribution in [1.29, 1.82) is 0 Å². The third-order valence-electron chi connectivity index (χ3n) is 6.03. The maximum Gasteiger partial charge on any atom is 0.338 e. The van der Waals surface area contributed by atoms with Gasteiger partial charge in [-0.2, -0.15) is 0 Å². The minimum absolute atomic E-state index is 0.107. The lowest BCUT2D eigenvalue weighted by Gasteiger charge is -2.33. The van der Waals surface area contributed by atoms with Gasteiger partial charge in [0.15, 0.2) is 0 Å². The number of urea groups is 1. The van der Waals surface area contributed by atoms with E-state index in [9.17, 15) is 14.4 Å². The van der Waals surface area contributed by atoms with Gasteiger partial charge < -0.3 is 25.0 Å². The Kier molecular flexibility index (Phi) is 7.12. The monoisotopic (exact) mass is 473 g/mol. The lowest BCUT2D eigenvalue weighted by Crippen LogP contribution is -2.46. The van der Waals surface area contributed by atoms with E-state index in [1.807, 2.05) is 36.4 Å². The largest absolute Gasteiger partial charge is 0.460 e. The number of carbonyl (C=O) groups is 3. The van der Waals surface area contributed by atoms with Crippen molar-refractivity contribution in [1.82, 2.24) is 10.2 Å². The van der Waals surface area contributed by atoms with Crippen LogP contribution in [0.4, 0.5) is 10.5 Å². The molecule has 0 fully saturated rings. The molecular formula is C27H27N3O5. The third kappa shape index (κ3) is 5.02. The molecule has 3 aromatic carbocycles. The molecule has 2 N–H and O–H groups in total. The fraction of sp³-hybridized carbons (Fsp3) is 0.222. The van der Waals surface area contributed by atoms with Crippen LogP contribution in [0.25, 0.3) is 10.8 Å². The Hall–Kier alpha value is -4.17. The van der Waals surface area contributed by atoms with Gasteiger partial charge in [0.25, 0.3) is 5.91 Å². The topological polar surface area (TPSA) is 97.0 Å². The summed E-state index contributed by atoms with van der Waals surface area (Å²) in [5.41, 5.74) is 2.71. The van der Waals surface area contributed by atoms with Gasteiger partial charge in [-0.25, -0.2) is 9.59 Å². The van der Waals surface area contributed by atoms with E-state index < -0.39 is 12.0 Å². The Labute approximate surface area is 203 Å². The maximum absolute atomic E-state index is 13.0. The molecule has 1 unspecified atom stereocenters. The molecule has 4 rings (SSSR count). The zero-order chi connectivity index (χ0) is 24.9. The van der Waals surface area contributed by atoms with Crippen LogP contribution in [-0.4, -0.2) is 50.2 Å². The average molecular weight is 474 g/mol. The van der Waals surface area contributed by atoms with Crippen molar-refractivity contribution in [3.05, 3.63) is 89.1 Å². The summed E-state index contributed by atoms with van der Waals surface area (Å²) >= 11 is 0. The number of fused-ring (bicyclic) bond motifs is 1. The normalized spacial score (nSPS) is 15.7. The van der Waals surface area contributed by atoms with Gasteiger partial charge in [-0.1, -0.05) is 48.5 Å². The number of amides is 3. The van der Waals surface area contributed by atoms with Gasteiger partial charge in [0.05, 0.1) is 18.2 Å². The Bertz CT molecular complexity index is 1290. The van der Waals surface area contributed by atoms with Gasteiger partial charge in [-0.15, -0.1) is 0 Å². The standard InChI is InChI=1S/C27H27N3O5/c1-17-23(26(32)35-16-15-34-3)24(29-27(33)30(17)2)19-11-13-20(14-12-19)28-25(31)22-10-6-8-18-7-4-5-9-21(18)22/h4-14,24H,15-16H2,1-3H3,(H,28,31)(H,29,33). The number of esters is 1. The fourth-order valence-electron chi connectivity index (χ4n) is 4.03. The molecule has 0 spiro atoms. The number of rotatable bonds is 7. The fourth-order valence-corrected chi connectivity index (χ4v) is 4.03. The SMILES string of the molecule is COCCOC(=O)C1=C(C)N(C)C(=O)NC1c1ccc(NC(=O)c2cccc3ccccc23)cc1. The molecule has 0 aliphatic carbocycles. The van der Waals surface area contributed by atoms with E-state index in [0.717, 1.165) is 10.8 Å². The number of ether oxygens (including phenoxy) is 2. The number of allylic oxidation sites excluding steroid dienone is 1. The molecule has 0 saturated heterocycles. The van der Waals surface area contributed by atoms with Gasteiger partial charge in [0.1, 0.15) is 6.61 Å². The molecule has 8 heteroatoms. The number of nitrogens with zero attached hydrogens (tertiary/aromatic N) is 1. The molecule has 8 nitrogen and oxygen atoms in total. The predicted molar refractivity (Wildman–Crippen MR) is 133 cm³/mol. The van der Waals surface area contributed by atoms with Crippen LogP contribution in [0.2, 0.25) is 0 Å². The zero-order valence-electron chi connectivity index (χ0n) is 19.8. The van der Waals surface area contributed by atoms with E-state index >= 15 is 0 Å². The molecule has 35 heavy (non-hydrogen) atoms. The van der Waals surface area contributed by atoms with Crippen LogP contribution in [0.15, 0.2) is 78.0 Å². The number of benzene rings is 3. The number of hydrogen-bond donors (Lipinski definition) is 2. The zero-order valence-corrected chi connectivity index (χ0v) is 19.8. The van der Waals surface area contributed by atoms with Crippen LogP contribution in [0, 0.1) is 0 Å². The Morgan fingerprint density at radius 2 is 1.71 bits per heavy atom. The Morgan fingerprint density at radius 3 is 2.46 bits per heavy atom. The number of anilines is 1. The van der Waals surface area contributed by atoms with E-state index in [-0.39, 0.29) is 25.2 Å². The van der Waals surface area contributed by atoms with Crippen molar-refractivity contribution in [2.75, 3.05) is 32.7 Å². The molecule has 1 aliphatic rings. The van der Waals surface area contributed by atoms with Crippen LogP contribution in [0.3, 0.4) is 0 Å². The first-order chi connectivity index (χ1) is 16.9. The summed E-state index contributed by atoms with van der Waals surface area (Å²) in [6.45, 7) is 2.09. The van der Waals surface area contributed by atoms with E-state index in [4.69, 9.17) is 9.47 Å². The first-order valence-electron chi connectivity index (χ1n) is 11.2. The van der Waals surface area contributed by atoms with E-state index in [2.05, 4.69) is 10.6 Å². The highest BCUT2D eigenvalue weighted by Crippen LogP contribution is 2.31. The van der Waals surface area contributed by atoms with E-state index in [0.29, 0.717) is 28.1 Å². The first kappa shape index (κ1) is 24.0. The van der Waals surface area contributed by atoms with Crippen molar-refractivity contribution in [3.63, 3.8) is 0 Å².